The number of likely N-dealkylation sites (tertiary alicyclic amines) is 1. The first-order valence-electron chi connectivity index (χ1n) is 8.29. The molecule has 0 amide bonds. The maximum atomic E-state index is 11.3. The summed E-state index contributed by atoms with van der Waals surface area (Å²) in [5.74, 6) is -0.861. The molecule has 1 aliphatic rings. The zero-order valence-electron chi connectivity index (χ0n) is 13.6. The van der Waals surface area contributed by atoms with Gasteiger partial charge in [-0.15, -0.1) is 0 Å². The minimum Gasteiger partial charge on any atom is -0.478 e. The van der Waals surface area contributed by atoms with E-state index in [4.69, 9.17) is 0 Å². The van der Waals surface area contributed by atoms with Crippen LogP contribution in [0.3, 0.4) is 0 Å². The van der Waals surface area contributed by atoms with Crippen molar-refractivity contribution in [2.24, 2.45) is 0 Å². The number of hydrogen-bond acceptors (Lipinski definition) is 2. The number of hydrogen-bond donors (Lipinski definition) is 1. The lowest BCUT2D eigenvalue weighted by Gasteiger charge is -2.27. The minimum absolute atomic E-state index is 0.368. The van der Waals surface area contributed by atoms with Crippen LogP contribution in [0.5, 0.6) is 0 Å². The fraction of sp³-hybridized carbons (Fsp3) is 0.350. The molecule has 120 valence electrons. The van der Waals surface area contributed by atoms with E-state index in [0.717, 1.165) is 36.3 Å². The molecule has 0 aliphatic carbocycles. The molecule has 3 rings (SSSR count). The van der Waals surface area contributed by atoms with Crippen molar-refractivity contribution in [2.75, 3.05) is 13.1 Å². The van der Waals surface area contributed by atoms with Gasteiger partial charge >= 0.3 is 5.97 Å². The molecule has 0 atom stereocenters. The molecule has 23 heavy (non-hydrogen) atoms. The van der Waals surface area contributed by atoms with Crippen molar-refractivity contribution in [3.05, 3.63) is 59.2 Å². The van der Waals surface area contributed by atoms with E-state index in [1.54, 1.807) is 6.07 Å². The fourth-order valence-electron chi connectivity index (χ4n) is 3.23. The molecule has 1 aliphatic heterocycles. The van der Waals surface area contributed by atoms with Gasteiger partial charge in [-0.25, -0.2) is 4.79 Å². The summed E-state index contributed by atoms with van der Waals surface area (Å²) >= 11 is 0. The highest BCUT2D eigenvalue weighted by molar-refractivity contribution is 5.89. The second-order valence-electron chi connectivity index (χ2n) is 6.38. The number of rotatable bonds is 4. The monoisotopic (exact) mass is 309 g/mol. The highest BCUT2D eigenvalue weighted by atomic mass is 16.4. The summed E-state index contributed by atoms with van der Waals surface area (Å²) in [5.41, 5.74) is 5.00. The summed E-state index contributed by atoms with van der Waals surface area (Å²) in [5, 5.41) is 9.30. The molecule has 2 aromatic carbocycles. The summed E-state index contributed by atoms with van der Waals surface area (Å²) in [6.07, 6.45) is 3.77. The van der Waals surface area contributed by atoms with Crippen LogP contribution in [0.1, 0.15) is 40.7 Å². The van der Waals surface area contributed by atoms with Gasteiger partial charge in [-0.05, 0) is 61.7 Å². The standard InChI is InChI=1S/C20H23NO2/c1-15-5-7-16(8-6-15)19-10-9-17(20(22)23)13-18(19)14-21-11-3-2-4-12-21/h5-10,13H,2-4,11-12,14H2,1H3,(H,22,23). The molecule has 1 heterocycles. The quantitative estimate of drug-likeness (QED) is 0.913. The molecular formula is C20H23NO2. The molecule has 3 nitrogen and oxygen atoms in total. The zero-order chi connectivity index (χ0) is 16.2. The topological polar surface area (TPSA) is 40.5 Å². The molecule has 0 unspecified atom stereocenters. The summed E-state index contributed by atoms with van der Waals surface area (Å²) in [6, 6.07) is 13.9. The SMILES string of the molecule is Cc1ccc(-c2ccc(C(=O)O)cc2CN2CCCCC2)cc1. The molecule has 0 bridgehead atoms. The average molecular weight is 309 g/mol. The Morgan fingerprint density at radius 1 is 1.04 bits per heavy atom. The molecule has 0 saturated carbocycles. The lowest BCUT2D eigenvalue weighted by Crippen LogP contribution is -2.29. The van der Waals surface area contributed by atoms with E-state index < -0.39 is 5.97 Å². The average Bonchev–Trinajstić information content (AvgIpc) is 2.56. The molecule has 1 N–H and O–H groups in total. The highest BCUT2D eigenvalue weighted by Gasteiger charge is 2.15. The molecule has 3 heteroatoms. The van der Waals surface area contributed by atoms with E-state index in [9.17, 15) is 9.90 Å². The summed E-state index contributed by atoms with van der Waals surface area (Å²) in [7, 11) is 0. The molecule has 1 fully saturated rings. The van der Waals surface area contributed by atoms with Crippen molar-refractivity contribution in [3.63, 3.8) is 0 Å². The van der Waals surface area contributed by atoms with E-state index in [1.165, 1.54) is 24.8 Å². The normalized spacial score (nSPS) is 15.5. The van der Waals surface area contributed by atoms with Crippen LogP contribution in [0.4, 0.5) is 0 Å². The summed E-state index contributed by atoms with van der Waals surface area (Å²) < 4.78 is 0. The highest BCUT2D eigenvalue weighted by Crippen LogP contribution is 2.27. The van der Waals surface area contributed by atoms with E-state index in [1.807, 2.05) is 12.1 Å². The van der Waals surface area contributed by atoms with Crippen LogP contribution in [-0.2, 0) is 6.54 Å². The van der Waals surface area contributed by atoms with Gasteiger partial charge in [-0.3, -0.25) is 4.90 Å². The van der Waals surface area contributed by atoms with Gasteiger partial charge < -0.3 is 5.11 Å². The Balaban J connectivity index is 1.96. The van der Waals surface area contributed by atoms with Crippen molar-refractivity contribution >= 4 is 5.97 Å². The first-order valence-corrected chi connectivity index (χ1v) is 8.29. The molecule has 0 radical (unpaired) electrons. The second-order valence-corrected chi connectivity index (χ2v) is 6.38. The van der Waals surface area contributed by atoms with Crippen molar-refractivity contribution in [3.8, 4) is 11.1 Å². The number of aromatic carboxylic acids is 1. The lowest BCUT2D eigenvalue weighted by atomic mass is 9.96. The van der Waals surface area contributed by atoms with Crippen LogP contribution >= 0.6 is 0 Å². The van der Waals surface area contributed by atoms with Crippen molar-refractivity contribution in [1.29, 1.82) is 0 Å². The third-order valence-corrected chi connectivity index (χ3v) is 4.56. The second kappa shape index (κ2) is 6.97. The van der Waals surface area contributed by atoms with Crippen LogP contribution in [0.2, 0.25) is 0 Å². The fourth-order valence-corrected chi connectivity index (χ4v) is 3.23. The number of carbonyl (C=O) groups is 1. The smallest absolute Gasteiger partial charge is 0.335 e. The van der Waals surface area contributed by atoms with E-state index in [2.05, 4.69) is 36.1 Å². The molecular weight excluding hydrogens is 286 g/mol. The largest absolute Gasteiger partial charge is 0.478 e. The number of nitrogens with zero attached hydrogens (tertiary/aromatic N) is 1. The van der Waals surface area contributed by atoms with Gasteiger partial charge in [-0.1, -0.05) is 42.3 Å². The molecule has 0 spiro atoms. The van der Waals surface area contributed by atoms with Crippen molar-refractivity contribution in [1.82, 2.24) is 4.90 Å². The van der Waals surface area contributed by atoms with Crippen LogP contribution in [0, 0.1) is 6.92 Å². The molecule has 1 saturated heterocycles. The van der Waals surface area contributed by atoms with E-state index in [0.29, 0.717) is 5.56 Å². The third-order valence-electron chi connectivity index (χ3n) is 4.56. The lowest BCUT2D eigenvalue weighted by molar-refractivity contribution is 0.0696. The Morgan fingerprint density at radius 2 is 1.74 bits per heavy atom. The first kappa shape index (κ1) is 15.8. The van der Waals surface area contributed by atoms with Gasteiger partial charge in [0, 0.05) is 6.54 Å². The van der Waals surface area contributed by atoms with Gasteiger partial charge in [0.15, 0.2) is 0 Å². The summed E-state index contributed by atoms with van der Waals surface area (Å²) in [6.45, 7) is 5.10. The number of carboxylic acid groups (broad SMARTS) is 1. The van der Waals surface area contributed by atoms with Gasteiger partial charge in [0.05, 0.1) is 5.56 Å². The predicted molar refractivity (Wildman–Crippen MR) is 92.7 cm³/mol. The number of piperidine rings is 1. The maximum Gasteiger partial charge on any atom is 0.335 e. The Bertz CT molecular complexity index is 685. The zero-order valence-corrected chi connectivity index (χ0v) is 13.6. The Kier molecular flexibility index (Phi) is 4.77. The van der Waals surface area contributed by atoms with Gasteiger partial charge in [0.2, 0.25) is 0 Å². The van der Waals surface area contributed by atoms with E-state index >= 15 is 0 Å². The number of benzene rings is 2. The molecule has 0 aromatic heterocycles. The van der Waals surface area contributed by atoms with Crippen LogP contribution < -0.4 is 0 Å². The number of carboxylic acids is 1. The maximum absolute atomic E-state index is 11.3. The van der Waals surface area contributed by atoms with Crippen LogP contribution in [-0.4, -0.2) is 29.1 Å². The van der Waals surface area contributed by atoms with Gasteiger partial charge in [-0.2, -0.15) is 0 Å². The van der Waals surface area contributed by atoms with Gasteiger partial charge in [0.25, 0.3) is 0 Å². The van der Waals surface area contributed by atoms with E-state index in [-0.39, 0.29) is 0 Å². The Morgan fingerprint density at radius 3 is 2.39 bits per heavy atom. The van der Waals surface area contributed by atoms with Crippen molar-refractivity contribution < 1.29 is 9.90 Å². The Labute approximate surface area is 137 Å². The minimum atomic E-state index is -0.861. The molecule has 2 aromatic rings. The Hall–Kier alpha value is -2.13. The van der Waals surface area contributed by atoms with Gasteiger partial charge in [0.1, 0.15) is 0 Å². The predicted octanol–water partition coefficient (Wildman–Crippen LogP) is 4.35. The van der Waals surface area contributed by atoms with Crippen molar-refractivity contribution in [2.45, 2.75) is 32.7 Å². The van der Waals surface area contributed by atoms with Crippen LogP contribution in [0.25, 0.3) is 11.1 Å². The number of aryl methyl sites for hydroxylation is 1. The first-order chi connectivity index (χ1) is 11.1. The van der Waals surface area contributed by atoms with Crippen LogP contribution in [0.15, 0.2) is 42.5 Å². The summed E-state index contributed by atoms with van der Waals surface area (Å²) in [4.78, 5) is 13.8. The third kappa shape index (κ3) is 3.80.